The van der Waals surface area contributed by atoms with E-state index in [1.807, 2.05) is 0 Å². The summed E-state index contributed by atoms with van der Waals surface area (Å²) in [5.74, 6) is -3.24. The predicted octanol–water partition coefficient (Wildman–Crippen LogP) is 4.99. The fourth-order valence-electron chi connectivity index (χ4n) is 6.17. The largest absolute Gasteiger partial charge is 0.352 e. The standard InChI is InChI=1S/C28H19F2NO3/c1-15(32)25-24(20-8-4-5-9-21(20)30)28(26(33)18-6-2-3-7-19(18)27(28)34)23-13-10-16-14-17(29)11-12-22(16)31(23)25/h2-14,23-25H,1H3/t23-,24+,25+/m1/s1. The third-order valence-corrected chi connectivity index (χ3v) is 7.42. The number of anilines is 1. The number of hydrogen-bond donors (Lipinski definition) is 0. The molecule has 0 aromatic heterocycles. The van der Waals surface area contributed by atoms with Crippen LogP contribution in [0.1, 0.15) is 44.7 Å². The first-order valence-corrected chi connectivity index (χ1v) is 11.1. The Balaban J connectivity index is 1.70. The van der Waals surface area contributed by atoms with Gasteiger partial charge in [-0.1, -0.05) is 54.6 Å². The highest BCUT2D eigenvalue weighted by Gasteiger charge is 2.71. The molecule has 0 saturated carbocycles. The molecule has 3 aliphatic rings. The summed E-state index contributed by atoms with van der Waals surface area (Å²) in [4.78, 5) is 43.2. The fraction of sp³-hybridized carbons (Fsp3) is 0.179. The molecule has 34 heavy (non-hydrogen) atoms. The van der Waals surface area contributed by atoms with Gasteiger partial charge in [0, 0.05) is 28.3 Å². The van der Waals surface area contributed by atoms with Crippen molar-refractivity contribution in [3.63, 3.8) is 0 Å². The molecule has 1 saturated heterocycles. The summed E-state index contributed by atoms with van der Waals surface area (Å²) >= 11 is 0. The van der Waals surface area contributed by atoms with Crippen molar-refractivity contribution >= 4 is 29.1 Å². The van der Waals surface area contributed by atoms with Crippen molar-refractivity contribution in [1.82, 2.24) is 0 Å². The highest BCUT2D eigenvalue weighted by molar-refractivity contribution is 6.32. The van der Waals surface area contributed by atoms with E-state index in [0.717, 1.165) is 0 Å². The summed E-state index contributed by atoms with van der Waals surface area (Å²) in [6.45, 7) is 1.38. The van der Waals surface area contributed by atoms with Gasteiger partial charge in [0.25, 0.3) is 0 Å². The first-order chi connectivity index (χ1) is 16.4. The molecule has 2 heterocycles. The zero-order valence-corrected chi connectivity index (χ0v) is 18.2. The Morgan fingerprint density at radius 1 is 0.912 bits per heavy atom. The van der Waals surface area contributed by atoms with Crippen molar-refractivity contribution in [3.8, 4) is 0 Å². The second-order valence-corrected chi connectivity index (χ2v) is 9.04. The number of rotatable bonds is 2. The molecule has 0 bridgehead atoms. The highest BCUT2D eigenvalue weighted by Crippen LogP contribution is 2.60. The minimum absolute atomic E-state index is 0.142. The molecule has 0 unspecified atom stereocenters. The Morgan fingerprint density at radius 3 is 2.21 bits per heavy atom. The number of fused-ring (bicyclic) bond motifs is 5. The third-order valence-electron chi connectivity index (χ3n) is 7.42. The molecule has 0 N–H and O–H groups in total. The van der Waals surface area contributed by atoms with Crippen LogP contribution in [-0.2, 0) is 4.79 Å². The van der Waals surface area contributed by atoms with Crippen molar-refractivity contribution in [2.75, 3.05) is 4.90 Å². The Labute approximate surface area is 194 Å². The number of Topliss-reactive ketones (excluding diaryl/α,β-unsaturated/α-hetero) is 3. The van der Waals surface area contributed by atoms with Gasteiger partial charge in [0.15, 0.2) is 17.3 Å². The second kappa shape index (κ2) is 7.03. The molecular formula is C28H19F2NO3. The average Bonchev–Trinajstić information content (AvgIpc) is 3.26. The lowest BCUT2D eigenvalue weighted by Gasteiger charge is -2.37. The van der Waals surface area contributed by atoms with E-state index in [9.17, 15) is 18.8 Å². The Morgan fingerprint density at radius 2 is 1.56 bits per heavy atom. The number of benzene rings is 3. The maximum atomic E-state index is 15.3. The van der Waals surface area contributed by atoms with Crippen LogP contribution in [0.25, 0.3) is 6.08 Å². The summed E-state index contributed by atoms with van der Waals surface area (Å²) in [5.41, 5.74) is 0.0208. The van der Waals surface area contributed by atoms with Crippen LogP contribution in [0.2, 0.25) is 0 Å². The topological polar surface area (TPSA) is 54.5 Å². The normalized spacial score (nSPS) is 23.7. The van der Waals surface area contributed by atoms with Crippen LogP contribution in [0, 0.1) is 17.0 Å². The van der Waals surface area contributed by atoms with Gasteiger partial charge in [-0.25, -0.2) is 8.78 Å². The summed E-state index contributed by atoms with van der Waals surface area (Å²) in [5, 5.41) is 0. The number of nitrogens with zero attached hydrogens (tertiary/aromatic N) is 1. The molecule has 3 aromatic rings. The summed E-state index contributed by atoms with van der Waals surface area (Å²) < 4.78 is 29.3. The zero-order valence-electron chi connectivity index (χ0n) is 18.2. The van der Waals surface area contributed by atoms with E-state index in [1.54, 1.807) is 53.5 Å². The Kier molecular flexibility index (Phi) is 4.27. The van der Waals surface area contributed by atoms with Crippen molar-refractivity contribution < 1.29 is 23.2 Å². The zero-order chi connectivity index (χ0) is 23.8. The maximum Gasteiger partial charge on any atom is 0.180 e. The molecule has 3 aromatic carbocycles. The van der Waals surface area contributed by atoms with Gasteiger partial charge in [0.1, 0.15) is 17.0 Å². The summed E-state index contributed by atoms with van der Waals surface area (Å²) in [6, 6.07) is 14.9. The van der Waals surface area contributed by atoms with Crippen LogP contribution in [0.3, 0.4) is 0 Å². The molecular weight excluding hydrogens is 436 g/mol. The van der Waals surface area contributed by atoms with Crippen molar-refractivity contribution in [1.29, 1.82) is 0 Å². The lowest BCUT2D eigenvalue weighted by molar-refractivity contribution is -0.118. The van der Waals surface area contributed by atoms with Crippen LogP contribution < -0.4 is 4.90 Å². The van der Waals surface area contributed by atoms with Gasteiger partial charge in [0.2, 0.25) is 0 Å². The maximum absolute atomic E-state index is 15.3. The van der Waals surface area contributed by atoms with Crippen LogP contribution in [0.5, 0.6) is 0 Å². The fourth-order valence-corrected chi connectivity index (χ4v) is 6.17. The minimum atomic E-state index is -1.73. The van der Waals surface area contributed by atoms with Gasteiger partial charge in [-0.15, -0.1) is 0 Å². The second-order valence-electron chi connectivity index (χ2n) is 9.04. The molecule has 6 rings (SSSR count). The first-order valence-electron chi connectivity index (χ1n) is 11.1. The molecule has 2 aliphatic heterocycles. The predicted molar refractivity (Wildman–Crippen MR) is 123 cm³/mol. The van der Waals surface area contributed by atoms with Crippen molar-refractivity contribution in [2.45, 2.75) is 24.9 Å². The number of hydrogen-bond acceptors (Lipinski definition) is 4. The number of ketones is 3. The molecule has 3 atom stereocenters. The van der Waals surface area contributed by atoms with Gasteiger partial charge < -0.3 is 4.90 Å². The van der Waals surface area contributed by atoms with Crippen LogP contribution in [-0.4, -0.2) is 29.4 Å². The van der Waals surface area contributed by atoms with Gasteiger partial charge in [-0.3, -0.25) is 14.4 Å². The summed E-state index contributed by atoms with van der Waals surface area (Å²) in [6.07, 6.45) is 3.35. The number of carbonyl (C=O) groups is 3. The van der Waals surface area contributed by atoms with Crippen molar-refractivity contribution in [2.24, 2.45) is 5.41 Å². The van der Waals surface area contributed by atoms with Gasteiger partial charge >= 0.3 is 0 Å². The van der Waals surface area contributed by atoms with Crippen LogP contribution in [0.4, 0.5) is 14.5 Å². The Hall–Kier alpha value is -3.93. The van der Waals surface area contributed by atoms with E-state index in [0.29, 0.717) is 11.3 Å². The Bertz CT molecular complexity index is 1410. The molecule has 1 fully saturated rings. The number of carbonyl (C=O) groups excluding carboxylic acids is 3. The molecule has 6 heteroatoms. The molecule has 0 amide bonds. The SMILES string of the molecule is CC(=O)[C@H]1[C@H](c2ccccc2F)C2(C(=O)c3ccccc3C2=O)[C@H]2C=Cc3cc(F)ccc3N12. The van der Waals surface area contributed by atoms with Gasteiger partial charge in [-0.2, -0.15) is 0 Å². The molecule has 1 spiro atoms. The van der Waals surface area contributed by atoms with Crippen molar-refractivity contribution in [3.05, 3.63) is 107 Å². The monoisotopic (exact) mass is 455 g/mol. The lowest BCUT2D eigenvalue weighted by atomic mass is 9.64. The van der Waals surface area contributed by atoms with Crippen LogP contribution in [0.15, 0.2) is 72.8 Å². The molecule has 168 valence electrons. The number of halogens is 2. The highest BCUT2D eigenvalue weighted by atomic mass is 19.1. The molecule has 0 radical (unpaired) electrons. The van der Waals surface area contributed by atoms with E-state index in [2.05, 4.69) is 0 Å². The van der Waals surface area contributed by atoms with E-state index < -0.39 is 46.6 Å². The smallest absolute Gasteiger partial charge is 0.180 e. The van der Waals surface area contributed by atoms with E-state index in [-0.39, 0.29) is 22.5 Å². The van der Waals surface area contributed by atoms with Gasteiger partial charge in [-0.05, 0) is 36.8 Å². The quantitative estimate of drug-likeness (QED) is 0.511. The average molecular weight is 455 g/mol. The third kappa shape index (κ3) is 2.43. The summed E-state index contributed by atoms with van der Waals surface area (Å²) in [7, 11) is 0. The van der Waals surface area contributed by atoms with Crippen LogP contribution >= 0.6 is 0 Å². The lowest BCUT2D eigenvalue weighted by Crippen LogP contribution is -2.48. The molecule has 4 nitrogen and oxygen atoms in total. The van der Waals surface area contributed by atoms with E-state index >= 15 is 4.39 Å². The van der Waals surface area contributed by atoms with E-state index in [1.165, 1.54) is 37.3 Å². The minimum Gasteiger partial charge on any atom is -0.352 e. The molecule has 1 aliphatic carbocycles. The van der Waals surface area contributed by atoms with E-state index in [4.69, 9.17) is 0 Å². The van der Waals surface area contributed by atoms with Gasteiger partial charge in [0.05, 0.1) is 12.1 Å². The first kappa shape index (κ1) is 20.7.